The minimum absolute atomic E-state index is 0.430. The van der Waals surface area contributed by atoms with Crippen LogP contribution in [-0.2, 0) is 0 Å². The summed E-state index contributed by atoms with van der Waals surface area (Å²) in [6, 6.07) is 13.1. The maximum atomic E-state index is 8.84. The summed E-state index contributed by atoms with van der Waals surface area (Å²) >= 11 is 6.01. The van der Waals surface area contributed by atoms with Crippen LogP contribution in [0, 0.1) is 18.3 Å². The summed E-state index contributed by atoms with van der Waals surface area (Å²) in [6.45, 7) is 2.01. The van der Waals surface area contributed by atoms with E-state index in [9.17, 15) is 0 Å². The van der Waals surface area contributed by atoms with E-state index in [0.717, 1.165) is 22.7 Å². The van der Waals surface area contributed by atoms with Crippen LogP contribution in [0.1, 0.15) is 11.1 Å². The number of rotatable bonds is 3. The number of hydrogen-bond acceptors (Lipinski definition) is 3. The van der Waals surface area contributed by atoms with Gasteiger partial charge in [0.2, 0.25) is 0 Å². The first kappa shape index (κ1) is 13.3. The SMILES string of the molecule is COc1ccc(C)cc1Nc1ccc(C#N)c(Cl)c1. The third kappa shape index (κ3) is 2.98. The van der Waals surface area contributed by atoms with Gasteiger partial charge < -0.3 is 10.1 Å². The maximum Gasteiger partial charge on any atom is 0.142 e. The largest absolute Gasteiger partial charge is 0.495 e. The van der Waals surface area contributed by atoms with Crippen molar-refractivity contribution in [1.82, 2.24) is 0 Å². The molecule has 96 valence electrons. The first-order valence-electron chi connectivity index (χ1n) is 5.75. The number of nitrogens with zero attached hydrogens (tertiary/aromatic N) is 1. The third-order valence-corrected chi connectivity index (χ3v) is 3.04. The molecule has 0 aliphatic carbocycles. The highest BCUT2D eigenvalue weighted by molar-refractivity contribution is 6.32. The summed E-state index contributed by atoms with van der Waals surface area (Å²) < 4.78 is 5.30. The van der Waals surface area contributed by atoms with Gasteiger partial charge in [0.1, 0.15) is 11.8 Å². The highest BCUT2D eigenvalue weighted by Gasteiger charge is 2.05. The Morgan fingerprint density at radius 1 is 1.21 bits per heavy atom. The van der Waals surface area contributed by atoms with Crippen LogP contribution in [-0.4, -0.2) is 7.11 Å². The van der Waals surface area contributed by atoms with Gasteiger partial charge in [0, 0.05) is 5.69 Å². The molecule has 0 radical (unpaired) electrons. The Kier molecular flexibility index (Phi) is 3.94. The number of halogens is 1. The predicted molar refractivity (Wildman–Crippen MR) is 77.2 cm³/mol. The molecule has 0 heterocycles. The van der Waals surface area contributed by atoms with E-state index in [2.05, 4.69) is 5.32 Å². The average Bonchev–Trinajstić information content (AvgIpc) is 2.39. The molecule has 2 aromatic carbocycles. The fourth-order valence-corrected chi connectivity index (χ4v) is 1.98. The molecular formula is C15H13ClN2O. The number of nitrogens with one attached hydrogen (secondary N) is 1. The molecule has 1 N–H and O–H groups in total. The van der Waals surface area contributed by atoms with E-state index in [1.807, 2.05) is 37.3 Å². The summed E-state index contributed by atoms with van der Waals surface area (Å²) in [4.78, 5) is 0. The Morgan fingerprint density at radius 2 is 2.00 bits per heavy atom. The van der Waals surface area contributed by atoms with E-state index >= 15 is 0 Å². The summed E-state index contributed by atoms with van der Waals surface area (Å²) in [5, 5.41) is 12.5. The van der Waals surface area contributed by atoms with Gasteiger partial charge in [-0.15, -0.1) is 0 Å². The maximum absolute atomic E-state index is 8.84. The molecule has 0 bridgehead atoms. The summed E-state index contributed by atoms with van der Waals surface area (Å²) in [5.41, 5.74) is 3.27. The Bertz CT molecular complexity index is 647. The lowest BCUT2D eigenvalue weighted by molar-refractivity contribution is 0.416. The van der Waals surface area contributed by atoms with Gasteiger partial charge in [0.05, 0.1) is 23.4 Å². The van der Waals surface area contributed by atoms with Crippen molar-refractivity contribution in [3.63, 3.8) is 0 Å². The minimum Gasteiger partial charge on any atom is -0.495 e. The van der Waals surface area contributed by atoms with Gasteiger partial charge in [0.15, 0.2) is 0 Å². The number of benzene rings is 2. The quantitative estimate of drug-likeness (QED) is 0.907. The summed E-state index contributed by atoms with van der Waals surface area (Å²) in [7, 11) is 1.63. The second-order valence-electron chi connectivity index (χ2n) is 4.14. The summed E-state index contributed by atoms with van der Waals surface area (Å²) in [6.07, 6.45) is 0. The van der Waals surface area contributed by atoms with Crippen LogP contribution in [0.5, 0.6) is 5.75 Å². The zero-order valence-corrected chi connectivity index (χ0v) is 11.5. The Morgan fingerprint density at radius 3 is 2.63 bits per heavy atom. The van der Waals surface area contributed by atoms with Crippen molar-refractivity contribution in [2.45, 2.75) is 6.92 Å². The lowest BCUT2D eigenvalue weighted by atomic mass is 10.2. The lowest BCUT2D eigenvalue weighted by Crippen LogP contribution is -1.95. The number of anilines is 2. The molecule has 4 heteroatoms. The Labute approximate surface area is 117 Å². The third-order valence-electron chi connectivity index (χ3n) is 2.72. The topological polar surface area (TPSA) is 45.0 Å². The standard InChI is InChI=1S/C15H13ClN2O/c1-10-3-6-15(19-2)14(7-10)18-12-5-4-11(9-17)13(16)8-12/h3-8,18H,1-2H3. The molecule has 0 saturated carbocycles. The van der Waals surface area contributed by atoms with Crippen LogP contribution in [0.15, 0.2) is 36.4 Å². The molecular weight excluding hydrogens is 260 g/mol. The van der Waals surface area contributed by atoms with Crippen LogP contribution in [0.2, 0.25) is 5.02 Å². The molecule has 0 atom stereocenters. The molecule has 0 saturated heterocycles. The van der Waals surface area contributed by atoms with E-state index < -0.39 is 0 Å². The average molecular weight is 273 g/mol. The molecule has 0 aliphatic rings. The second-order valence-corrected chi connectivity index (χ2v) is 4.54. The van der Waals surface area contributed by atoms with E-state index in [0.29, 0.717) is 10.6 Å². The first-order chi connectivity index (χ1) is 9.13. The predicted octanol–water partition coefficient (Wildman–Crippen LogP) is 4.27. The van der Waals surface area contributed by atoms with Crippen molar-refractivity contribution in [1.29, 1.82) is 5.26 Å². The molecule has 3 nitrogen and oxygen atoms in total. The minimum atomic E-state index is 0.430. The highest BCUT2D eigenvalue weighted by atomic mass is 35.5. The molecule has 0 amide bonds. The van der Waals surface area contributed by atoms with Crippen molar-refractivity contribution in [3.05, 3.63) is 52.5 Å². The van der Waals surface area contributed by atoms with Crippen molar-refractivity contribution in [2.75, 3.05) is 12.4 Å². The van der Waals surface area contributed by atoms with Gasteiger partial charge in [-0.1, -0.05) is 17.7 Å². The fourth-order valence-electron chi connectivity index (χ4n) is 1.76. The molecule has 2 aromatic rings. The van der Waals surface area contributed by atoms with Crippen LogP contribution >= 0.6 is 11.6 Å². The van der Waals surface area contributed by atoms with Crippen molar-refractivity contribution >= 4 is 23.0 Å². The fraction of sp³-hybridized carbons (Fsp3) is 0.133. The van der Waals surface area contributed by atoms with E-state index in [1.54, 1.807) is 19.2 Å². The van der Waals surface area contributed by atoms with Gasteiger partial charge in [-0.25, -0.2) is 0 Å². The van der Waals surface area contributed by atoms with Crippen molar-refractivity contribution < 1.29 is 4.74 Å². The van der Waals surface area contributed by atoms with Crippen LogP contribution in [0.25, 0.3) is 0 Å². The molecule has 19 heavy (non-hydrogen) atoms. The van der Waals surface area contributed by atoms with Crippen molar-refractivity contribution in [3.8, 4) is 11.8 Å². The van der Waals surface area contributed by atoms with E-state index in [4.69, 9.17) is 21.6 Å². The number of aryl methyl sites for hydroxylation is 1. The van der Waals surface area contributed by atoms with Crippen molar-refractivity contribution in [2.24, 2.45) is 0 Å². The molecule has 0 spiro atoms. The summed E-state index contributed by atoms with van der Waals surface area (Å²) in [5.74, 6) is 0.756. The first-order valence-corrected chi connectivity index (χ1v) is 6.13. The van der Waals surface area contributed by atoms with Gasteiger partial charge in [0.25, 0.3) is 0 Å². The number of methoxy groups -OCH3 is 1. The molecule has 0 fully saturated rings. The molecule has 2 rings (SSSR count). The Balaban J connectivity index is 2.33. The molecule has 0 unspecified atom stereocenters. The van der Waals surface area contributed by atoms with Crippen LogP contribution < -0.4 is 10.1 Å². The highest BCUT2D eigenvalue weighted by Crippen LogP contribution is 2.30. The monoisotopic (exact) mass is 272 g/mol. The lowest BCUT2D eigenvalue weighted by Gasteiger charge is -2.12. The number of hydrogen-bond donors (Lipinski definition) is 1. The van der Waals surface area contributed by atoms with Gasteiger partial charge in [-0.05, 0) is 42.8 Å². The van der Waals surface area contributed by atoms with Crippen LogP contribution in [0.3, 0.4) is 0 Å². The van der Waals surface area contributed by atoms with Crippen LogP contribution in [0.4, 0.5) is 11.4 Å². The number of ether oxygens (including phenoxy) is 1. The zero-order chi connectivity index (χ0) is 13.8. The second kappa shape index (κ2) is 5.64. The smallest absolute Gasteiger partial charge is 0.142 e. The zero-order valence-electron chi connectivity index (χ0n) is 10.7. The Hall–Kier alpha value is -2.18. The molecule has 0 aliphatic heterocycles. The normalized spacial score (nSPS) is 9.79. The molecule has 0 aromatic heterocycles. The van der Waals surface area contributed by atoms with Gasteiger partial charge in [-0.2, -0.15) is 5.26 Å². The van der Waals surface area contributed by atoms with E-state index in [-0.39, 0.29) is 0 Å². The van der Waals surface area contributed by atoms with Gasteiger partial charge >= 0.3 is 0 Å². The van der Waals surface area contributed by atoms with Gasteiger partial charge in [-0.3, -0.25) is 0 Å². The number of nitriles is 1. The van der Waals surface area contributed by atoms with E-state index in [1.165, 1.54) is 0 Å².